The number of nitrogens with zero attached hydrogens (tertiary/aromatic N) is 1. The Balaban J connectivity index is 0.000000531. The molecule has 3 fully saturated rings. The molecule has 0 amide bonds. The van der Waals surface area contributed by atoms with E-state index in [-0.39, 0.29) is 18.1 Å². The highest BCUT2D eigenvalue weighted by Gasteiger charge is 2.47. The maximum absolute atomic E-state index is 12.9. The summed E-state index contributed by atoms with van der Waals surface area (Å²) in [5, 5.41) is 14.8. The minimum atomic E-state index is -4.32. The maximum Gasteiger partial charge on any atom is 0.416 e. The molecule has 6 nitrogen and oxygen atoms in total. The third-order valence-corrected chi connectivity index (χ3v) is 7.36. The molecule has 39 heavy (non-hydrogen) atoms. The Morgan fingerprint density at radius 3 is 1.74 bits per heavy atom. The van der Waals surface area contributed by atoms with Gasteiger partial charge < -0.3 is 14.9 Å². The summed E-state index contributed by atoms with van der Waals surface area (Å²) >= 11 is 0. The summed E-state index contributed by atoms with van der Waals surface area (Å²) in [6.45, 7) is 2.44. The van der Waals surface area contributed by atoms with Crippen LogP contribution in [0, 0.1) is 5.92 Å². The summed E-state index contributed by atoms with van der Waals surface area (Å²) in [4.78, 5) is 20.8. The first-order valence-corrected chi connectivity index (χ1v) is 12.7. The van der Waals surface area contributed by atoms with Gasteiger partial charge in [-0.05, 0) is 60.7 Å². The highest BCUT2D eigenvalue weighted by Crippen LogP contribution is 2.43. The molecular formula is C30H30F3NO5. The molecule has 6 rings (SSSR count). The van der Waals surface area contributed by atoms with Gasteiger partial charge in [-0.2, -0.15) is 13.2 Å². The van der Waals surface area contributed by atoms with Crippen molar-refractivity contribution in [2.45, 2.75) is 43.7 Å². The van der Waals surface area contributed by atoms with E-state index in [2.05, 4.69) is 53.4 Å². The Labute approximate surface area is 224 Å². The van der Waals surface area contributed by atoms with Gasteiger partial charge in [-0.3, -0.25) is 4.90 Å². The Morgan fingerprint density at radius 2 is 1.31 bits per heavy atom. The fourth-order valence-corrected chi connectivity index (χ4v) is 5.56. The van der Waals surface area contributed by atoms with Crippen LogP contribution in [0.1, 0.15) is 41.0 Å². The van der Waals surface area contributed by atoms with E-state index < -0.39 is 23.7 Å². The van der Waals surface area contributed by atoms with Crippen molar-refractivity contribution in [2.24, 2.45) is 5.92 Å². The molecule has 0 spiro atoms. The number of piperidine rings is 3. The van der Waals surface area contributed by atoms with Crippen molar-refractivity contribution in [3.63, 3.8) is 0 Å². The Bertz CT molecular complexity index is 1180. The molecule has 3 aromatic carbocycles. The zero-order chi connectivity index (χ0) is 28.0. The number of benzene rings is 3. The van der Waals surface area contributed by atoms with Crippen LogP contribution in [0.3, 0.4) is 0 Å². The standard InChI is InChI=1S/C28H28F3NO.C2H2O4/c29-28(30,31)24-13-11-20(12-14-24)19-33-27-23-15-17-32(18-16-23)26(27)25(21-7-3-1-4-8-21)22-9-5-2-6-10-22;3-1(4)2(5)6/h1-14,23,25-27H,15-19H2;(H,3,4)(H,5,6)/t26-,27-;/m1./s1. The minimum absolute atomic E-state index is 0.0280. The summed E-state index contributed by atoms with van der Waals surface area (Å²) in [6.07, 6.45) is -2.09. The van der Waals surface area contributed by atoms with E-state index in [1.165, 1.54) is 23.3 Å². The van der Waals surface area contributed by atoms with Gasteiger partial charge in [0.15, 0.2) is 0 Å². The lowest BCUT2D eigenvalue weighted by atomic mass is 9.72. The molecule has 2 atom stereocenters. The Kier molecular flexibility index (Phi) is 9.04. The van der Waals surface area contributed by atoms with E-state index in [4.69, 9.17) is 24.5 Å². The topological polar surface area (TPSA) is 87.1 Å². The number of carbonyl (C=O) groups is 2. The van der Waals surface area contributed by atoms with Crippen molar-refractivity contribution >= 4 is 11.9 Å². The number of carboxylic acids is 2. The summed E-state index contributed by atoms with van der Waals surface area (Å²) in [5.41, 5.74) is 2.68. The average Bonchev–Trinajstić information content (AvgIpc) is 2.94. The molecule has 3 aromatic rings. The zero-order valence-corrected chi connectivity index (χ0v) is 21.1. The second-order valence-electron chi connectivity index (χ2n) is 9.74. The average molecular weight is 542 g/mol. The molecule has 2 bridgehead atoms. The third-order valence-electron chi connectivity index (χ3n) is 7.36. The second kappa shape index (κ2) is 12.4. The second-order valence-corrected chi connectivity index (χ2v) is 9.74. The van der Waals surface area contributed by atoms with Gasteiger partial charge in [-0.15, -0.1) is 0 Å². The van der Waals surface area contributed by atoms with E-state index in [0.29, 0.717) is 12.5 Å². The molecule has 206 valence electrons. The summed E-state index contributed by atoms with van der Waals surface area (Å²) in [7, 11) is 0. The van der Waals surface area contributed by atoms with Gasteiger partial charge in [0.25, 0.3) is 0 Å². The molecule has 3 aliphatic rings. The van der Waals surface area contributed by atoms with Crippen LogP contribution in [0.5, 0.6) is 0 Å². The van der Waals surface area contributed by atoms with Crippen molar-refractivity contribution in [3.05, 3.63) is 107 Å². The lowest BCUT2D eigenvalue weighted by Crippen LogP contribution is -2.60. The molecule has 0 unspecified atom stereocenters. The fraction of sp³-hybridized carbons (Fsp3) is 0.333. The highest BCUT2D eigenvalue weighted by atomic mass is 19.4. The molecule has 0 aliphatic carbocycles. The van der Waals surface area contributed by atoms with Gasteiger partial charge in [-0.25, -0.2) is 9.59 Å². The number of alkyl halides is 3. The number of ether oxygens (including phenoxy) is 1. The molecule has 3 saturated heterocycles. The molecule has 0 aromatic heterocycles. The number of halogens is 3. The summed E-state index contributed by atoms with van der Waals surface area (Å²) in [6, 6.07) is 26.7. The van der Waals surface area contributed by atoms with Crippen molar-refractivity contribution in [1.82, 2.24) is 4.90 Å². The van der Waals surface area contributed by atoms with Gasteiger partial charge in [0.2, 0.25) is 0 Å². The van der Waals surface area contributed by atoms with E-state index in [0.717, 1.165) is 43.6 Å². The smallest absolute Gasteiger partial charge is 0.416 e. The largest absolute Gasteiger partial charge is 0.473 e. The van der Waals surface area contributed by atoms with Gasteiger partial charge in [-0.1, -0.05) is 72.8 Å². The Hall–Kier alpha value is -3.69. The van der Waals surface area contributed by atoms with Crippen molar-refractivity contribution in [2.75, 3.05) is 13.1 Å². The predicted octanol–water partition coefficient (Wildman–Crippen LogP) is 5.67. The first kappa shape index (κ1) is 28.3. The van der Waals surface area contributed by atoms with E-state index in [1.807, 2.05) is 12.1 Å². The van der Waals surface area contributed by atoms with Crippen LogP contribution < -0.4 is 0 Å². The van der Waals surface area contributed by atoms with E-state index in [9.17, 15) is 13.2 Å². The first-order chi connectivity index (χ1) is 18.6. The van der Waals surface area contributed by atoms with Crippen LogP contribution in [0.15, 0.2) is 84.9 Å². The molecule has 2 N–H and O–H groups in total. The maximum atomic E-state index is 12.9. The predicted molar refractivity (Wildman–Crippen MR) is 138 cm³/mol. The summed E-state index contributed by atoms with van der Waals surface area (Å²) in [5.74, 6) is -3.01. The molecule has 0 radical (unpaired) electrons. The number of carboxylic acid groups (broad SMARTS) is 2. The van der Waals surface area contributed by atoms with Crippen molar-refractivity contribution in [1.29, 1.82) is 0 Å². The lowest BCUT2D eigenvalue weighted by molar-refractivity contribution is -0.159. The molecule has 3 aliphatic heterocycles. The SMILES string of the molecule is FC(F)(F)c1ccc(CO[C@@H]2C3CCN(CC3)[C@@H]2C(c2ccccc2)c2ccccc2)cc1.O=C(O)C(=O)O. The third kappa shape index (κ3) is 7.04. The Morgan fingerprint density at radius 1 is 0.821 bits per heavy atom. The quantitative estimate of drug-likeness (QED) is 0.391. The normalized spacial score (nSPS) is 22.2. The van der Waals surface area contributed by atoms with Gasteiger partial charge >= 0.3 is 18.1 Å². The van der Waals surface area contributed by atoms with Crippen LogP contribution >= 0.6 is 0 Å². The number of hydrogen-bond acceptors (Lipinski definition) is 4. The monoisotopic (exact) mass is 541 g/mol. The number of aliphatic carboxylic acids is 2. The van der Waals surface area contributed by atoms with Gasteiger partial charge in [0, 0.05) is 12.0 Å². The number of rotatable bonds is 6. The molecule has 9 heteroatoms. The van der Waals surface area contributed by atoms with Crippen molar-refractivity contribution < 1.29 is 37.7 Å². The van der Waals surface area contributed by atoms with Crippen molar-refractivity contribution in [3.8, 4) is 0 Å². The van der Waals surface area contributed by atoms with Gasteiger partial charge in [0.1, 0.15) is 0 Å². The fourth-order valence-electron chi connectivity index (χ4n) is 5.56. The molecular weight excluding hydrogens is 511 g/mol. The van der Waals surface area contributed by atoms with Crippen LogP contribution in [0.2, 0.25) is 0 Å². The minimum Gasteiger partial charge on any atom is -0.473 e. The zero-order valence-electron chi connectivity index (χ0n) is 21.1. The van der Waals surface area contributed by atoms with Crippen LogP contribution in [-0.2, 0) is 27.1 Å². The number of hydrogen-bond donors (Lipinski definition) is 2. The summed E-state index contributed by atoms with van der Waals surface area (Å²) < 4.78 is 45.3. The van der Waals surface area contributed by atoms with Crippen LogP contribution in [0.4, 0.5) is 13.2 Å². The van der Waals surface area contributed by atoms with E-state index >= 15 is 0 Å². The molecule has 3 heterocycles. The molecule has 0 saturated carbocycles. The van der Waals surface area contributed by atoms with Gasteiger partial charge in [0.05, 0.1) is 18.3 Å². The van der Waals surface area contributed by atoms with Crippen LogP contribution in [0.25, 0.3) is 0 Å². The highest BCUT2D eigenvalue weighted by molar-refractivity contribution is 6.27. The first-order valence-electron chi connectivity index (χ1n) is 12.7. The number of fused-ring (bicyclic) bond motifs is 3. The van der Waals surface area contributed by atoms with Crippen LogP contribution in [-0.4, -0.2) is 52.3 Å². The lowest BCUT2D eigenvalue weighted by Gasteiger charge is -2.53. The van der Waals surface area contributed by atoms with E-state index in [1.54, 1.807) is 0 Å².